The molecule has 0 radical (unpaired) electrons. The third kappa shape index (κ3) is 12.1. The topological polar surface area (TPSA) is 29.1 Å². The number of amides is 1. The van der Waals surface area contributed by atoms with Crippen LogP contribution in [0.1, 0.15) is 40.0 Å². The average molecular weight is 249 g/mol. The highest BCUT2D eigenvalue weighted by molar-refractivity contribution is 8.76. The largest absolute Gasteiger partial charge is 0.355 e. The highest BCUT2D eigenvalue weighted by atomic mass is 33.1. The molecular weight excluding hydrogens is 226 g/mol. The molecule has 2 nitrogen and oxygen atoms in total. The molecule has 0 aromatic heterocycles. The van der Waals surface area contributed by atoms with Crippen molar-refractivity contribution in [3.8, 4) is 0 Å². The lowest BCUT2D eigenvalue weighted by molar-refractivity contribution is -0.120. The second-order valence-electron chi connectivity index (χ2n) is 3.93. The molecule has 1 amide bonds. The van der Waals surface area contributed by atoms with E-state index in [0.717, 1.165) is 24.6 Å². The fourth-order valence-corrected chi connectivity index (χ4v) is 3.18. The minimum absolute atomic E-state index is 0.185. The second-order valence-corrected chi connectivity index (χ2v) is 6.63. The standard InChI is InChI=1S/C11H23NOS2/c1-4-5-11(13)12-7-9-15-14-8-6-10(2)3/h10H,4-9H2,1-3H3,(H,12,13). The minimum atomic E-state index is 0.185. The van der Waals surface area contributed by atoms with Crippen LogP contribution in [0.4, 0.5) is 0 Å². The zero-order chi connectivity index (χ0) is 11.5. The fraction of sp³-hybridized carbons (Fsp3) is 0.909. The van der Waals surface area contributed by atoms with Crippen molar-refractivity contribution in [3.05, 3.63) is 0 Å². The summed E-state index contributed by atoms with van der Waals surface area (Å²) < 4.78 is 0. The summed E-state index contributed by atoms with van der Waals surface area (Å²) in [6.07, 6.45) is 2.87. The van der Waals surface area contributed by atoms with Gasteiger partial charge in [-0.1, -0.05) is 42.4 Å². The molecule has 0 fully saturated rings. The van der Waals surface area contributed by atoms with Crippen LogP contribution in [0.15, 0.2) is 0 Å². The molecule has 0 aromatic rings. The van der Waals surface area contributed by atoms with Crippen molar-refractivity contribution < 1.29 is 4.79 Å². The van der Waals surface area contributed by atoms with Crippen LogP contribution in [0.5, 0.6) is 0 Å². The van der Waals surface area contributed by atoms with Gasteiger partial charge in [0, 0.05) is 24.5 Å². The van der Waals surface area contributed by atoms with Crippen LogP contribution in [-0.4, -0.2) is 24.0 Å². The number of carbonyl (C=O) groups excluding carboxylic acids is 1. The number of carbonyl (C=O) groups is 1. The molecule has 0 aliphatic rings. The normalized spacial score (nSPS) is 10.7. The Labute approximate surface area is 102 Å². The summed E-state index contributed by atoms with van der Waals surface area (Å²) in [4.78, 5) is 11.1. The maximum absolute atomic E-state index is 11.1. The van der Waals surface area contributed by atoms with E-state index < -0.39 is 0 Å². The first-order valence-electron chi connectivity index (χ1n) is 5.68. The molecule has 0 saturated heterocycles. The summed E-state index contributed by atoms with van der Waals surface area (Å²) >= 11 is 0. The van der Waals surface area contributed by atoms with Crippen molar-refractivity contribution in [2.24, 2.45) is 5.92 Å². The lowest BCUT2D eigenvalue weighted by Gasteiger charge is -2.05. The first kappa shape index (κ1) is 15.2. The molecule has 0 heterocycles. The van der Waals surface area contributed by atoms with Crippen molar-refractivity contribution in [2.75, 3.05) is 18.1 Å². The molecule has 0 aromatic carbocycles. The van der Waals surface area contributed by atoms with Crippen LogP contribution in [0, 0.1) is 5.92 Å². The van der Waals surface area contributed by atoms with E-state index in [-0.39, 0.29) is 5.91 Å². The van der Waals surface area contributed by atoms with E-state index in [9.17, 15) is 4.79 Å². The summed E-state index contributed by atoms with van der Waals surface area (Å²) in [7, 11) is 3.77. The van der Waals surface area contributed by atoms with Gasteiger partial charge in [0.25, 0.3) is 0 Å². The number of hydrogen-bond acceptors (Lipinski definition) is 3. The van der Waals surface area contributed by atoms with E-state index in [1.54, 1.807) is 0 Å². The molecule has 4 heteroatoms. The smallest absolute Gasteiger partial charge is 0.220 e. The highest BCUT2D eigenvalue weighted by Crippen LogP contribution is 2.22. The van der Waals surface area contributed by atoms with Crippen LogP contribution < -0.4 is 5.32 Å². The predicted octanol–water partition coefficient (Wildman–Crippen LogP) is 3.33. The van der Waals surface area contributed by atoms with Gasteiger partial charge in [-0.25, -0.2) is 0 Å². The Bertz CT molecular complexity index is 163. The van der Waals surface area contributed by atoms with E-state index in [1.165, 1.54) is 12.2 Å². The third-order valence-corrected chi connectivity index (χ3v) is 4.29. The molecule has 1 N–H and O–H groups in total. The molecular formula is C11H23NOS2. The average Bonchev–Trinajstić information content (AvgIpc) is 2.16. The Balaban J connectivity index is 3.08. The summed E-state index contributed by atoms with van der Waals surface area (Å²) in [5, 5.41) is 2.91. The first-order valence-corrected chi connectivity index (χ1v) is 8.16. The molecule has 15 heavy (non-hydrogen) atoms. The van der Waals surface area contributed by atoms with Gasteiger partial charge in [0.2, 0.25) is 5.91 Å². The Kier molecular flexibility index (Phi) is 10.8. The number of nitrogens with one attached hydrogen (secondary N) is 1. The van der Waals surface area contributed by atoms with Crippen LogP contribution in [0.3, 0.4) is 0 Å². The van der Waals surface area contributed by atoms with Gasteiger partial charge in [-0.3, -0.25) is 4.79 Å². The highest BCUT2D eigenvalue weighted by Gasteiger charge is 1.98. The maximum atomic E-state index is 11.1. The van der Waals surface area contributed by atoms with Crippen molar-refractivity contribution in [3.63, 3.8) is 0 Å². The van der Waals surface area contributed by atoms with Crippen molar-refractivity contribution in [1.29, 1.82) is 0 Å². The van der Waals surface area contributed by atoms with Crippen molar-refractivity contribution in [1.82, 2.24) is 5.32 Å². The number of rotatable bonds is 9. The van der Waals surface area contributed by atoms with Crippen molar-refractivity contribution in [2.45, 2.75) is 40.0 Å². The van der Waals surface area contributed by atoms with E-state index in [1.807, 2.05) is 28.5 Å². The fourth-order valence-electron chi connectivity index (χ4n) is 0.949. The number of hydrogen-bond donors (Lipinski definition) is 1. The summed E-state index contributed by atoms with van der Waals surface area (Å²) in [6, 6.07) is 0. The molecule has 0 aliphatic heterocycles. The van der Waals surface area contributed by atoms with E-state index in [2.05, 4.69) is 19.2 Å². The third-order valence-electron chi connectivity index (χ3n) is 1.85. The van der Waals surface area contributed by atoms with E-state index >= 15 is 0 Å². The molecule has 0 aliphatic carbocycles. The van der Waals surface area contributed by atoms with Gasteiger partial charge in [-0.15, -0.1) is 0 Å². The first-order chi connectivity index (χ1) is 7.16. The van der Waals surface area contributed by atoms with Crippen LogP contribution in [0.2, 0.25) is 0 Å². The summed E-state index contributed by atoms with van der Waals surface area (Å²) in [5.74, 6) is 3.20. The molecule has 0 saturated carbocycles. The zero-order valence-electron chi connectivity index (χ0n) is 10.0. The molecule has 0 atom stereocenters. The summed E-state index contributed by atoms with van der Waals surface area (Å²) in [5.41, 5.74) is 0. The molecule has 0 unspecified atom stereocenters. The molecule has 90 valence electrons. The molecule has 0 bridgehead atoms. The Morgan fingerprint density at radius 2 is 1.93 bits per heavy atom. The Morgan fingerprint density at radius 3 is 2.53 bits per heavy atom. The lowest BCUT2D eigenvalue weighted by atomic mass is 10.2. The quantitative estimate of drug-likeness (QED) is 0.502. The minimum Gasteiger partial charge on any atom is -0.355 e. The SMILES string of the molecule is CCCC(=O)NCCSSCCC(C)C. The van der Waals surface area contributed by atoms with E-state index in [0.29, 0.717) is 6.42 Å². The Morgan fingerprint density at radius 1 is 1.27 bits per heavy atom. The monoisotopic (exact) mass is 249 g/mol. The maximum Gasteiger partial charge on any atom is 0.220 e. The van der Waals surface area contributed by atoms with Crippen LogP contribution in [0.25, 0.3) is 0 Å². The Hall–Kier alpha value is 0.170. The molecule has 0 rings (SSSR count). The summed E-state index contributed by atoms with van der Waals surface area (Å²) in [6.45, 7) is 7.32. The van der Waals surface area contributed by atoms with Gasteiger partial charge in [0.1, 0.15) is 0 Å². The van der Waals surface area contributed by atoms with E-state index in [4.69, 9.17) is 0 Å². The van der Waals surface area contributed by atoms with Crippen LogP contribution in [-0.2, 0) is 4.79 Å². The lowest BCUT2D eigenvalue weighted by Crippen LogP contribution is -2.24. The van der Waals surface area contributed by atoms with Gasteiger partial charge in [-0.05, 0) is 18.8 Å². The van der Waals surface area contributed by atoms with Crippen LogP contribution >= 0.6 is 21.6 Å². The van der Waals surface area contributed by atoms with Gasteiger partial charge < -0.3 is 5.32 Å². The predicted molar refractivity (Wildman–Crippen MR) is 72.3 cm³/mol. The van der Waals surface area contributed by atoms with Gasteiger partial charge >= 0.3 is 0 Å². The zero-order valence-corrected chi connectivity index (χ0v) is 11.7. The van der Waals surface area contributed by atoms with Crippen molar-refractivity contribution >= 4 is 27.5 Å². The van der Waals surface area contributed by atoms with Gasteiger partial charge in [0.05, 0.1) is 0 Å². The second kappa shape index (κ2) is 10.7. The molecule has 0 spiro atoms. The van der Waals surface area contributed by atoms with Gasteiger partial charge in [0.15, 0.2) is 0 Å². The van der Waals surface area contributed by atoms with Gasteiger partial charge in [-0.2, -0.15) is 0 Å².